The van der Waals surface area contributed by atoms with Gasteiger partial charge in [0.25, 0.3) is 0 Å². The molecule has 0 N–H and O–H groups in total. The fraction of sp³-hybridized carbons (Fsp3) is 0.857. The number of hydrogen-bond acceptors (Lipinski definition) is 1. The standard InChI is InChI=1S/C7H11NO/c1-8-4-2-7-3-5-9-6-7/h7H,2-6H2. The Kier molecular flexibility index (Phi) is 2.53. The molecule has 0 aromatic carbocycles. The molecular formula is C7H11NO. The Hall–Kier alpha value is -0.550. The Balaban J connectivity index is 2.06. The number of hydrogen-bond donors (Lipinski definition) is 0. The molecular weight excluding hydrogens is 114 g/mol. The maximum atomic E-state index is 6.55. The topological polar surface area (TPSA) is 13.6 Å². The van der Waals surface area contributed by atoms with E-state index in [1.165, 1.54) is 0 Å². The van der Waals surface area contributed by atoms with E-state index in [0.29, 0.717) is 12.5 Å². The Labute approximate surface area is 55.6 Å². The lowest BCUT2D eigenvalue weighted by Crippen LogP contribution is -1.99. The van der Waals surface area contributed by atoms with E-state index in [2.05, 4.69) is 4.85 Å². The minimum atomic E-state index is 0.675. The van der Waals surface area contributed by atoms with Crippen molar-refractivity contribution in [2.75, 3.05) is 19.8 Å². The Bertz CT molecular complexity index is 111. The van der Waals surface area contributed by atoms with E-state index in [-0.39, 0.29) is 0 Å². The summed E-state index contributed by atoms with van der Waals surface area (Å²) >= 11 is 0. The van der Waals surface area contributed by atoms with Gasteiger partial charge >= 0.3 is 0 Å². The molecule has 0 aliphatic carbocycles. The van der Waals surface area contributed by atoms with Gasteiger partial charge in [-0.3, -0.25) is 0 Å². The molecule has 1 atom stereocenters. The molecule has 1 unspecified atom stereocenters. The summed E-state index contributed by atoms with van der Waals surface area (Å²) in [5.74, 6) is 0.680. The van der Waals surface area contributed by atoms with Crippen LogP contribution in [-0.2, 0) is 4.74 Å². The first-order valence-corrected chi connectivity index (χ1v) is 3.34. The predicted molar refractivity (Wildman–Crippen MR) is 35.0 cm³/mol. The van der Waals surface area contributed by atoms with Gasteiger partial charge in [-0.15, -0.1) is 0 Å². The number of rotatable bonds is 2. The smallest absolute Gasteiger partial charge is 0.215 e. The van der Waals surface area contributed by atoms with Crippen LogP contribution in [0.25, 0.3) is 4.85 Å². The molecule has 0 saturated carbocycles. The predicted octanol–water partition coefficient (Wildman–Crippen LogP) is 1.33. The molecule has 0 amide bonds. The van der Waals surface area contributed by atoms with Gasteiger partial charge in [0.2, 0.25) is 6.54 Å². The van der Waals surface area contributed by atoms with Crippen LogP contribution in [0.5, 0.6) is 0 Å². The summed E-state index contributed by atoms with van der Waals surface area (Å²) in [5.41, 5.74) is 0. The zero-order valence-electron chi connectivity index (χ0n) is 5.47. The van der Waals surface area contributed by atoms with Gasteiger partial charge in [-0.1, -0.05) is 0 Å². The van der Waals surface area contributed by atoms with Gasteiger partial charge in [0.15, 0.2) is 0 Å². The quantitative estimate of drug-likeness (QED) is 0.508. The Morgan fingerprint density at radius 2 is 2.56 bits per heavy atom. The van der Waals surface area contributed by atoms with Crippen LogP contribution < -0.4 is 0 Å². The van der Waals surface area contributed by atoms with Crippen LogP contribution in [-0.4, -0.2) is 19.8 Å². The molecule has 1 heterocycles. The second kappa shape index (κ2) is 3.47. The second-order valence-corrected chi connectivity index (χ2v) is 2.40. The van der Waals surface area contributed by atoms with Gasteiger partial charge in [-0.05, 0) is 12.3 Å². The van der Waals surface area contributed by atoms with E-state index < -0.39 is 0 Å². The Morgan fingerprint density at radius 3 is 3.11 bits per heavy atom. The second-order valence-electron chi connectivity index (χ2n) is 2.40. The van der Waals surface area contributed by atoms with E-state index in [4.69, 9.17) is 11.3 Å². The highest BCUT2D eigenvalue weighted by atomic mass is 16.5. The van der Waals surface area contributed by atoms with Crippen LogP contribution in [0.2, 0.25) is 0 Å². The van der Waals surface area contributed by atoms with E-state index in [1.807, 2.05) is 0 Å². The average Bonchev–Trinajstić information content (AvgIpc) is 2.34. The molecule has 2 nitrogen and oxygen atoms in total. The van der Waals surface area contributed by atoms with Gasteiger partial charge in [0.05, 0.1) is 0 Å². The zero-order chi connectivity index (χ0) is 6.53. The molecule has 0 aromatic heterocycles. The summed E-state index contributed by atoms with van der Waals surface area (Å²) in [7, 11) is 0. The summed E-state index contributed by atoms with van der Waals surface area (Å²) < 4.78 is 5.15. The first-order chi connectivity index (χ1) is 4.43. The van der Waals surface area contributed by atoms with Crippen molar-refractivity contribution in [3.63, 3.8) is 0 Å². The summed E-state index contributed by atoms with van der Waals surface area (Å²) in [6.07, 6.45) is 2.19. The molecule has 0 radical (unpaired) electrons. The van der Waals surface area contributed by atoms with E-state index in [1.54, 1.807) is 0 Å². The molecule has 1 aliphatic rings. The molecule has 0 spiro atoms. The molecule has 50 valence electrons. The van der Waals surface area contributed by atoms with E-state index in [9.17, 15) is 0 Å². The molecule has 9 heavy (non-hydrogen) atoms. The van der Waals surface area contributed by atoms with Crippen molar-refractivity contribution < 1.29 is 4.74 Å². The SMILES string of the molecule is [C-]#[N+]CCC1CCOC1. The van der Waals surface area contributed by atoms with Crippen LogP contribution in [0.1, 0.15) is 12.8 Å². The van der Waals surface area contributed by atoms with Crippen molar-refractivity contribution in [1.82, 2.24) is 0 Å². The third kappa shape index (κ3) is 2.03. The molecule has 0 bridgehead atoms. The highest BCUT2D eigenvalue weighted by Crippen LogP contribution is 2.15. The van der Waals surface area contributed by atoms with Gasteiger partial charge in [-0.25, -0.2) is 6.57 Å². The fourth-order valence-electron chi connectivity index (χ4n) is 1.06. The third-order valence-corrected chi connectivity index (χ3v) is 1.67. The number of ether oxygens (including phenoxy) is 1. The minimum absolute atomic E-state index is 0.675. The average molecular weight is 125 g/mol. The lowest BCUT2D eigenvalue weighted by atomic mass is 10.1. The van der Waals surface area contributed by atoms with Crippen molar-refractivity contribution in [3.8, 4) is 0 Å². The van der Waals surface area contributed by atoms with Gasteiger partial charge < -0.3 is 9.58 Å². The van der Waals surface area contributed by atoms with Crippen molar-refractivity contribution >= 4 is 0 Å². The maximum absolute atomic E-state index is 6.55. The first kappa shape index (κ1) is 6.57. The lowest BCUT2D eigenvalue weighted by molar-refractivity contribution is 0.185. The summed E-state index contributed by atoms with van der Waals surface area (Å²) in [4.78, 5) is 3.29. The van der Waals surface area contributed by atoms with Crippen LogP contribution in [0.3, 0.4) is 0 Å². The first-order valence-electron chi connectivity index (χ1n) is 3.34. The summed E-state index contributed by atoms with van der Waals surface area (Å²) in [6.45, 7) is 9.02. The van der Waals surface area contributed by atoms with Crippen molar-refractivity contribution in [2.24, 2.45) is 5.92 Å². The Morgan fingerprint density at radius 1 is 1.67 bits per heavy atom. The summed E-state index contributed by atoms with van der Waals surface area (Å²) in [5, 5.41) is 0. The summed E-state index contributed by atoms with van der Waals surface area (Å²) in [6, 6.07) is 0. The van der Waals surface area contributed by atoms with Crippen LogP contribution in [0.15, 0.2) is 0 Å². The molecule has 1 fully saturated rings. The highest BCUT2D eigenvalue weighted by molar-refractivity contribution is 4.69. The highest BCUT2D eigenvalue weighted by Gasteiger charge is 2.15. The molecule has 0 aromatic rings. The normalized spacial score (nSPS) is 25.9. The van der Waals surface area contributed by atoms with E-state index in [0.717, 1.165) is 26.1 Å². The molecule has 1 saturated heterocycles. The van der Waals surface area contributed by atoms with E-state index >= 15 is 0 Å². The minimum Gasteiger partial charge on any atom is -0.381 e. The van der Waals surface area contributed by atoms with Crippen LogP contribution in [0, 0.1) is 12.5 Å². The van der Waals surface area contributed by atoms with Crippen molar-refractivity contribution in [3.05, 3.63) is 11.4 Å². The van der Waals surface area contributed by atoms with Gasteiger partial charge in [0, 0.05) is 19.6 Å². The number of nitrogens with zero attached hydrogens (tertiary/aromatic N) is 1. The molecule has 2 heteroatoms. The lowest BCUT2D eigenvalue weighted by Gasteiger charge is -1.98. The van der Waals surface area contributed by atoms with Gasteiger partial charge in [-0.2, -0.15) is 0 Å². The zero-order valence-corrected chi connectivity index (χ0v) is 5.47. The van der Waals surface area contributed by atoms with Crippen LogP contribution in [0.4, 0.5) is 0 Å². The monoisotopic (exact) mass is 125 g/mol. The van der Waals surface area contributed by atoms with Crippen molar-refractivity contribution in [1.29, 1.82) is 0 Å². The molecule has 1 aliphatic heterocycles. The largest absolute Gasteiger partial charge is 0.381 e. The molecule has 1 rings (SSSR count). The van der Waals surface area contributed by atoms with Gasteiger partial charge in [0.1, 0.15) is 0 Å². The third-order valence-electron chi connectivity index (χ3n) is 1.67. The maximum Gasteiger partial charge on any atom is 0.215 e. The fourth-order valence-corrected chi connectivity index (χ4v) is 1.06. The van der Waals surface area contributed by atoms with Crippen LogP contribution >= 0.6 is 0 Å². The van der Waals surface area contributed by atoms with Crippen molar-refractivity contribution in [2.45, 2.75) is 12.8 Å².